The van der Waals surface area contributed by atoms with E-state index in [1.807, 2.05) is 6.07 Å². The molecule has 0 saturated heterocycles. The zero-order valence-electron chi connectivity index (χ0n) is 10.8. The molecule has 3 rings (SSSR count). The number of halogens is 1. The Morgan fingerprint density at radius 2 is 2.33 bits per heavy atom. The second-order valence-corrected chi connectivity index (χ2v) is 6.57. The normalized spacial score (nSPS) is 34.4. The largest absolute Gasteiger partial charge is 0.487 e. The molecule has 0 amide bonds. The van der Waals surface area contributed by atoms with Gasteiger partial charge in [-0.15, -0.1) is 0 Å². The van der Waals surface area contributed by atoms with Crippen molar-refractivity contribution in [3.63, 3.8) is 0 Å². The lowest BCUT2D eigenvalue weighted by molar-refractivity contribution is -0.000973. The second-order valence-electron chi connectivity index (χ2n) is 5.66. The monoisotopic (exact) mass is 309 g/mol. The summed E-state index contributed by atoms with van der Waals surface area (Å²) in [4.78, 5) is 0. The number of hydrogen-bond donors (Lipinski definition) is 1. The van der Waals surface area contributed by atoms with Crippen molar-refractivity contribution in [1.82, 2.24) is 0 Å². The van der Waals surface area contributed by atoms with Crippen LogP contribution in [0, 0.1) is 5.92 Å². The van der Waals surface area contributed by atoms with Gasteiger partial charge in [0.15, 0.2) is 0 Å². The molecule has 0 aromatic heterocycles. The highest BCUT2D eigenvalue weighted by molar-refractivity contribution is 9.10. The third-order valence-electron chi connectivity index (χ3n) is 4.64. The summed E-state index contributed by atoms with van der Waals surface area (Å²) in [5.41, 5.74) is 7.54. The van der Waals surface area contributed by atoms with Crippen LogP contribution in [0.5, 0.6) is 5.75 Å². The molecule has 3 atom stereocenters. The molecule has 0 radical (unpaired) electrons. The number of nitrogens with two attached hydrogens (primary N) is 1. The van der Waals surface area contributed by atoms with Gasteiger partial charge in [0.25, 0.3) is 0 Å². The number of hydrogen-bond acceptors (Lipinski definition) is 2. The van der Waals surface area contributed by atoms with E-state index < -0.39 is 0 Å². The van der Waals surface area contributed by atoms with E-state index in [4.69, 9.17) is 10.5 Å². The average Bonchev–Trinajstić information content (AvgIpc) is 2.72. The van der Waals surface area contributed by atoms with Gasteiger partial charge in [-0.05, 0) is 49.8 Å². The third-order valence-corrected chi connectivity index (χ3v) is 5.13. The van der Waals surface area contributed by atoms with Gasteiger partial charge in [0, 0.05) is 22.5 Å². The first-order chi connectivity index (χ1) is 8.64. The quantitative estimate of drug-likeness (QED) is 0.844. The van der Waals surface area contributed by atoms with Crippen LogP contribution in [0.4, 0.5) is 0 Å². The molecule has 1 heterocycles. The van der Waals surface area contributed by atoms with Gasteiger partial charge in [0.1, 0.15) is 11.4 Å². The summed E-state index contributed by atoms with van der Waals surface area (Å²) in [6.07, 6.45) is 5.88. The molecule has 1 aromatic rings. The smallest absolute Gasteiger partial charge is 0.125 e. The van der Waals surface area contributed by atoms with Crippen LogP contribution >= 0.6 is 15.9 Å². The van der Waals surface area contributed by atoms with Gasteiger partial charge in [-0.2, -0.15) is 0 Å². The average molecular weight is 310 g/mol. The zero-order valence-corrected chi connectivity index (χ0v) is 12.4. The van der Waals surface area contributed by atoms with Crippen LogP contribution in [-0.4, -0.2) is 5.60 Å². The second kappa shape index (κ2) is 4.53. The lowest BCUT2D eigenvalue weighted by Gasteiger charge is -2.42. The first-order valence-electron chi connectivity index (χ1n) is 6.88. The van der Waals surface area contributed by atoms with Crippen molar-refractivity contribution in [2.45, 2.75) is 50.7 Å². The topological polar surface area (TPSA) is 35.2 Å². The van der Waals surface area contributed by atoms with Gasteiger partial charge < -0.3 is 10.5 Å². The van der Waals surface area contributed by atoms with Crippen molar-refractivity contribution < 1.29 is 4.74 Å². The van der Waals surface area contributed by atoms with E-state index in [1.165, 1.54) is 19.3 Å². The standard InChI is InChI=1S/C15H20BrNO/c1-2-10-4-3-7-15(10)9-13(17)12-8-11(16)5-6-14(12)18-15/h5-6,8,10,13H,2-4,7,9,17H2,1H3/t10?,13-,15?/m0/s1. The van der Waals surface area contributed by atoms with Crippen LogP contribution in [0.1, 0.15) is 50.6 Å². The Morgan fingerprint density at radius 3 is 3.11 bits per heavy atom. The van der Waals surface area contributed by atoms with Crippen LogP contribution in [0.3, 0.4) is 0 Å². The van der Waals surface area contributed by atoms with Crippen molar-refractivity contribution in [3.05, 3.63) is 28.2 Å². The summed E-state index contributed by atoms with van der Waals surface area (Å²) in [5, 5.41) is 0. The highest BCUT2D eigenvalue weighted by atomic mass is 79.9. The highest BCUT2D eigenvalue weighted by Crippen LogP contribution is 2.50. The molecule has 1 spiro atoms. The fourth-order valence-corrected chi connectivity index (χ4v) is 4.12. The predicted octanol–water partition coefficient (Wildman–Crippen LogP) is 4.18. The van der Waals surface area contributed by atoms with Crippen LogP contribution < -0.4 is 10.5 Å². The van der Waals surface area contributed by atoms with Gasteiger partial charge in [-0.3, -0.25) is 0 Å². The van der Waals surface area contributed by atoms with E-state index in [9.17, 15) is 0 Å². The molecule has 1 aliphatic carbocycles. The summed E-state index contributed by atoms with van der Waals surface area (Å²) in [7, 11) is 0. The van der Waals surface area contributed by atoms with Crippen LogP contribution in [0.15, 0.2) is 22.7 Å². The number of rotatable bonds is 1. The van der Waals surface area contributed by atoms with Gasteiger partial charge in [0.2, 0.25) is 0 Å². The lowest BCUT2D eigenvalue weighted by Crippen LogP contribution is -2.45. The van der Waals surface area contributed by atoms with E-state index in [-0.39, 0.29) is 11.6 Å². The summed E-state index contributed by atoms with van der Waals surface area (Å²) in [5.74, 6) is 1.66. The van der Waals surface area contributed by atoms with Crippen molar-refractivity contribution in [2.75, 3.05) is 0 Å². The first-order valence-corrected chi connectivity index (χ1v) is 7.68. The van der Waals surface area contributed by atoms with E-state index in [1.54, 1.807) is 0 Å². The van der Waals surface area contributed by atoms with Gasteiger partial charge in [-0.25, -0.2) is 0 Å². The molecule has 98 valence electrons. The minimum Gasteiger partial charge on any atom is -0.487 e. The van der Waals surface area contributed by atoms with Crippen LogP contribution in [-0.2, 0) is 0 Å². The van der Waals surface area contributed by atoms with Gasteiger partial charge >= 0.3 is 0 Å². The van der Waals surface area contributed by atoms with Gasteiger partial charge in [0.05, 0.1) is 0 Å². The van der Waals surface area contributed by atoms with Crippen molar-refractivity contribution >= 4 is 15.9 Å². The summed E-state index contributed by atoms with van der Waals surface area (Å²) >= 11 is 3.51. The first kappa shape index (κ1) is 12.5. The Labute approximate surface area is 117 Å². The zero-order chi connectivity index (χ0) is 12.8. The van der Waals surface area contributed by atoms with E-state index in [0.717, 1.165) is 28.6 Å². The third kappa shape index (κ3) is 1.88. The summed E-state index contributed by atoms with van der Waals surface area (Å²) in [6, 6.07) is 6.31. The van der Waals surface area contributed by atoms with Crippen molar-refractivity contribution in [2.24, 2.45) is 11.7 Å². The minimum atomic E-state index is 0.00892. The Hall–Kier alpha value is -0.540. The van der Waals surface area contributed by atoms with Crippen molar-refractivity contribution in [1.29, 1.82) is 0 Å². The molecule has 1 aromatic carbocycles. The summed E-state index contributed by atoms with van der Waals surface area (Å²) in [6.45, 7) is 2.27. The SMILES string of the molecule is CCC1CCCC12C[C@H](N)c1cc(Br)ccc1O2. The number of fused-ring (bicyclic) bond motifs is 1. The van der Waals surface area contributed by atoms with Crippen LogP contribution in [0.25, 0.3) is 0 Å². The Bertz CT molecular complexity index is 462. The molecule has 1 fully saturated rings. The van der Waals surface area contributed by atoms with E-state index in [0.29, 0.717) is 5.92 Å². The Balaban J connectivity index is 1.98. The molecule has 2 N–H and O–H groups in total. The number of ether oxygens (including phenoxy) is 1. The van der Waals surface area contributed by atoms with E-state index >= 15 is 0 Å². The molecule has 1 saturated carbocycles. The maximum Gasteiger partial charge on any atom is 0.125 e. The fraction of sp³-hybridized carbons (Fsp3) is 0.600. The van der Waals surface area contributed by atoms with Crippen molar-refractivity contribution in [3.8, 4) is 5.75 Å². The maximum absolute atomic E-state index is 6.41. The molecule has 2 aliphatic rings. The Morgan fingerprint density at radius 1 is 1.50 bits per heavy atom. The minimum absolute atomic E-state index is 0.00892. The maximum atomic E-state index is 6.41. The number of benzene rings is 1. The lowest BCUT2D eigenvalue weighted by atomic mass is 9.79. The van der Waals surface area contributed by atoms with E-state index in [2.05, 4.69) is 35.0 Å². The molecular formula is C15H20BrNO. The molecular weight excluding hydrogens is 290 g/mol. The molecule has 3 heteroatoms. The highest BCUT2D eigenvalue weighted by Gasteiger charge is 2.48. The predicted molar refractivity (Wildman–Crippen MR) is 76.7 cm³/mol. The Kier molecular flexibility index (Phi) is 3.15. The molecule has 2 nitrogen and oxygen atoms in total. The molecule has 1 aliphatic heterocycles. The molecule has 0 bridgehead atoms. The van der Waals surface area contributed by atoms with Crippen LogP contribution in [0.2, 0.25) is 0 Å². The van der Waals surface area contributed by atoms with Gasteiger partial charge in [-0.1, -0.05) is 22.9 Å². The summed E-state index contributed by atoms with van der Waals surface area (Å²) < 4.78 is 7.49. The molecule has 2 unspecified atom stereocenters. The fourth-order valence-electron chi connectivity index (χ4n) is 3.74. The molecule has 18 heavy (non-hydrogen) atoms.